The van der Waals surface area contributed by atoms with Crippen molar-refractivity contribution in [1.29, 1.82) is 0 Å². The van der Waals surface area contributed by atoms with Gasteiger partial charge >= 0.3 is 12.1 Å². The lowest BCUT2D eigenvalue weighted by Gasteiger charge is -2.07. The summed E-state index contributed by atoms with van der Waals surface area (Å²) in [5.41, 5.74) is 0.668. The van der Waals surface area contributed by atoms with E-state index in [1.54, 1.807) is 38.2 Å². The third kappa shape index (κ3) is 4.91. The Hall–Kier alpha value is -3.07. The normalized spacial score (nSPS) is 17.1. The molecule has 9 heteroatoms. The first-order chi connectivity index (χ1) is 14.2. The molecule has 30 heavy (non-hydrogen) atoms. The number of amides is 1. The molecular weight excluding hydrogens is 417 g/mol. The van der Waals surface area contributed by atoms with Gasteiger partial charge in [0, 0.05) is 7.05 Å². The second kappa shape index (κ2) is 8.74. The quantitative estimate of drug-likeness (QED) is 0.495. The first-order valence-electron chi connectivity index (χ1n) is 8.90. The van der Waals surface area contributed by atoms with E-state index in [1.807, 2.05) is 0 Å². The van der Waals surface area contributed by atoms with Gasteiger partial charge < -0.3 is 4.74 Å². The zero-order valence-corrected chi connectivity index (χ0v) is 16.9. The molecule has 1 amide bonds. The largest absolute Gasteiger partial charge is 0.462 e. The van der Waals surface area contributed by atoms with E-state index in [4.69, 9.17) is 4.74 Å². The standard InChI is InChI=1S/C21H17F3N2O3S/c1-3-29-19(28)14-6-10-16(11-7-14)25-20-26(2)18(27)17(30-20)12-13-4-8-15(9-5-13)21(22,23)24/h4-12H,3H2,1-2H3/b17-12-,25-20?. The molecule has 1 heterocycles. The van der Waals surface area contributed by atoms with E-state index < -0.39 is 17.7 Å². The molecule has 0 aromatic heterocycles. The molecule has 2 aromatic rings. The van der Waals surface area contributed by atoms with Crippen molar-refractivity contribution >= 4 is 40.6 Å². The highest BCUT2D eigenvalue weighted by molar-refractivity contribution is 8.18. The van der Waals surface area contributed by atoms with Crippen LogP contribution in [0.25, 0.3) is 6.08 Å². The average molecular weight is 434 g/mol. The number of halogens is 3. The SMILES string of the molecule is CCOC(=O)c1ccc(N=C2S/C(=C\c3ccc(C(F)(F)F)cc3)C(=O)N2C)cc1. The topological polar surface area (TPSA) is 59.0 Å². The van der Waals surface area contributed by atoms with Gasteiger partial charge in [-0.25, -0.2) is 9.79 Å². The number of amidine groups is 1. The Morgan fingerprint density at radius 3 is 2.33 bits per heavy atom. The predicted octanol–water partition coefficient (Wildman–Crippen LogP) is 5.12. The van der Waals surface area contributed by atoms with Crippen molar-refractivity contribution in [2.75, 3.05) is 13.7 Å². The van der Waals surface area contributed by atoms with Crippen molar-refractivity contribution in [2.24, 2.45) is 4.99 Å². The van der Waals surface area contributed by atoms with Crippen LogP contribution in [0, 0.1) is 0 Å². The van der Waals surface area contributed by atoms with E-state index >= 15 is 0 Å². The minimum atomic E-state index is -4.41. The molecule has 0 N–H and O–H groups in total. The van der Waals surface area contributed by atoms with Gasteiger partial charge in [0.05, 0.1) is 28.3 Å². The van der Waals surface area contributed by atoms with Gasteiger partial charge in [0.1, 0.15) is 0 Å². The number of aliphatic imine (C=N–C) groups is 1. The van der Waals surface area contributed by atoms with Gasteiger partial charge in [-0.05, 0) is 66.7 Å². The zero-order chi connectivity index (χ0) is 21.9. The van der Waals surface area contributed by atoms with Crippen LogP contribution in [0.3, 0.4) is 0 Å². The highest BCUT2D eigenvalue weighted by Crippen LogP contribution is 2.34. The second-order valence-electron chi connectivity index (χ2n) is 6.26. The molecule has 0 radical (unpaired) electrons. The number of hydrogen-bond donors (Lipinski definition) is 0. The molecule has 0 bridgehead atoms. The van der Waals surface area contributed by atoms with Gasteiger partial charge in [0.15, 0.2) is 5.17 Å². The number of ether oxygens (including phenoxy) is 1. The maximum atomic E-state index is 12.7. The van der Waals surface area contributed by atoms with E-state index in [1.165, 1.54) is 23.1 Å². The second-order valence-corrected chi connectivity index (χ2v) is 7.27. The van der Waals surface area contributed by atoms with Gasteiger partial charge in [-0.2, -0.15) is 13.2 Å². The minimum absolute atomic E-state index is 0.278. The van der Waals surface area contributed by atoms with Gasteiger partial charge in [-0.3, -0.25) is 9.69 Å². The van der Waals surface area contributed by atoms with Crippen LogP contribution in [0.2, 0.25) is 0 Å². The van der Waals surface area contributed by atoms with E-state index in [-0.39, 0.29) is 12.5 Å². The molecule has 0 atom stereocenters. The molecule has 0 unspecified atom stereocenters. The summed E-state index contributed by atoms with van der Waals surface area (Å²) in [7, 11) is 1.56. The van der Waals surface area contributed by atoms with E-state index in [0.717, 1.165) is 23.9 Å². The summed E-state index contributed by atoms with van der Waals surface area (Å²) in [4.78, 5) is 30.3. The van der Waals surface area contributed by atoms with E-state index in [2.05, 4.69) is 4.99 Å². The molecular formula is C21H17F3N2O3S. The highest BCUT2D eigenvalue weighted by Gasteiger charge is 2.31. The Bertz CT molecular complexity index is 1010. The van der Waals surface area contributed by atoms with Crippen LogP contribution in [-0.2, 0) is 15.7 Å². The molecule has 156 valence electrons. The lowest BCUT2D eigenvalue weighted by molar-refractivity contribution is -0.137. The molecule has 0 aliphatic carbocycles. The number of alkyl halides is 3. The van der Waals surface area contributed by atoms with Crippen molar-refractivity contribution in [2.45, 2.75) is 13.1 Å². The fraction of sp³-hybridized carbons (Fsp3) is 0.190. The van der Waals surface area contributed by atoms with Crippen LogP contribution in [0.1, 0.15) is 28.4 Å². The van der Waals surface area contributed by atoms with Crippen LogP contribution in [0.15, 0.2) is 58.4 Å². The fourth-order valence-electron chi connectivity index (χ4n) is 2.57. The van der Waals surface area contributed by atoms with Gasteiger partial charge in [-0.15, -0.1) is 0 Å². The van der Waals surface area contributed by atoms with Crippen molar-refractivity contribution in [3.8, 4) is 0 Å². The van der Waals surface area contributed by atoms with E-state index in [9.17, 15) is 22.8 Å². The summed E-state index contributed by atoms with van der Waals surface area (Å²) in [5.74, 6) is -0.734. The Morgan fingerprint density at radius 2 is 1.77 bits per heavy atom. The number of thioether (sulfide) groups is 1. The van der Waals surface area contributed by atoms with Gasteiger partial charge in [0.2, 0.25) is 0 Å². The third-order valence-electron chi connectivity index (χ3n) is 4.14. The van der Waals surface area contributed by atoms with E-state index in [0.29, 0.717) is 26.9 Å². The summed E-state index contributed by atoms with van der Waals surface area (Å²) in [6.45, 7) is 2.00. The maximum Gasteiger partial charge on any atom is 0.416 e. The molecule has 3 rings (SSSR count). The number of carbonyl (C=O) groups is 2. The van der Waals surface area contributed by atoms with Crippen LogP contribution in [0.5, 0.6) is 0 Å². The van der Waals surface area contributed by atoms with Crippen LogP contribution in [-0.4, -0.2) is 35.6 Å². The highest BCUT2D eigenvalue weighted by atomic mass is 32.2. The fourth-order valence-corrected chi connectivity index (χ4v) is 3.56. The van der Waals surface area contributed by atoms with Crippen molar-refractivity contribution in [3.63, 3.8) is 0 Å². The molecule has 1 fully saturated rings. The molecule has 0 spiro atoms. The number of likely N-dealkylation sites (N-methyl/N-ethyl adjacent to an activating group) is 1. The Balaban J connectivity index is 1.78. The molecule has 1 aliphatic heterocycles. The molecule has 2 aromatic carbocycles. The Morgan fingerprint density at radius 1 is 1.13 bits per heavy atom. The van der Waals surface area contributed by atoms with Crippen molar-refractivity contribution in [3.05, 3.63) is 70.1 Å². The molecule has 1 saturated heterocycles. The number of rotatable bonds is 4. The summed E-state index contributed by atoms with van der Waals surface area (Å²) in [6, 6.07) is 11.0. The van der Waals surface area contributed by atoms with Crippen LogP contribution < -0.4 is 0 Å². The zero-order valence-electron chi connectivity index (χ0n) is 16.1. The number of nitrogens with zero attached hydrogens (tertiary/aromatic N) is 2. The monoisotopic (exact) mass is 434 g/mol. The predicted molar refractivity (Wildman–Crippen MR) is 109 cm³/mol. The smallest absolute Gasteiger partial charge is 0.416 e. The first-order valence-corrected chi connectivity index (χ1v) is 9.71. The molecule has 5 nitrogen and oxygen atoms in total. The first kappa shape index (κ1) is 21.6. The maximum absolute atomic E-state index is 12.7. The van der Waals surface area contributed by atoms with Crippen LogP contribution >= 0.6 is 11.8 Å². The van der Waals surface area contributed by atoms with Crippen molar-refractivity contribution in [1.82, 2.24) is 4.90 Å². The number of hydrogen-bond acceptors (Lipinski definition) is 5. The Labute approximate surface area is 175 Å². The Kier molecular flexibility index (Phi) is 6.31. The van der Waals surface area contributed by atoms with Gasteiger partial charge in [-0.1, -0.05) is 12.1 Å². The number of esters is 1. The van der Waals surface area contributed by atoms with Crippen LogP contribution in [0.4, 0.5) is 18.9 Å². The molecule has 0 saturated carbocycles. The van der Waals surface area contributed by atoms with Crippen molar-refractivity contribution < 1.29 is 27.5 Å². The minimum Gasteiger partial charge on any atom is -0.462 e. The number of benzene rings is 2. The average Bonchev–Trinajstić information content (AvgIpc) is 2.96. The number of carbonyl (C=O) groups excluding carboxylic acids is 2. The van der Waals surface area contributed by atoms with Gasteiger partial charge in [0.25, 0.3) is 5.91 Å². The summed E-state index contributed by atoms with van der Waals surface area (Å²) >= 11 is 1.12. The lowest BCUT2D eigenvalue weighted by Crippen LogP contribution is -2.23. The summed E-state index contributed by atoms with van der Waals surface area (Å²) in [5, 5.41) is 0.419. The third-order valence-corrected chi connectivity index (χ3v) is 5.20. The lowest BCUT2D eigenvalue weighted by atomic mass is 10.1. The summed E-state index contributed by atoms with van der Waals surface area (Å²) in [6.07, 6.45) is -2.89. The summed E-state index contributed by atoms with van der Waals surface area (Å²) < 4.78 is 43.0. The molecule has 1 aliphatic rings.